The van der Waals surface area contributed by atoms with Gasteiger partial charge in [-0.3, -0.25) is 4.79 Å². The van der Waals surface area contributed by atoms with Gasteiger partial charge in [0.1, 0.15) is 0 Å². The summed E-state index contributed by atoms with van der Waals surface area (Å²) in [6.07, 6.45) is 0.167. The van der Waals surface area contributed by atoms with E-state index < -0.39 is 10.0 Å². The number of anilines is 1. The van der Waals surface area contributed by atoms with E-state index in [4.69, 9.17) is 0 Å². The summed E-state index contributed by atoms with van der Waals surface area (Å²) in [5.41, 5.74) is 1.65. The third-order valence-electron chi connectivity index (χ3n) is 3.34. The molecule has 0 aliphatic heterocycles. The van der Waals surface area contributed by atoms with Crippen LogP contribution in [-0.2, 0) is 21.2 Å². The Morgan fingerprint density at radius 2 is 1.83 bits per heavy atom. The fourth-order valence-corrected chi connectivity index (χ4v) is 3.60. The van der Waals surface area contributed by atoms with Crippen molar-refractivity contribution in [1.82, 2.24) is 9.29 Å². The van der Waals surface area contributed by atoms with Crippen molar-refractivity contribution in [2.45, 2.75) is 25.2 Å². The van der Waals surface area contributed by atoms with Crippen molar-refractivity contribution in [3.05, 3.63) is 40.4 Å². The quantitative estimate of drug-likeness (QED) is 0.894. The van der Waals surface area contributed by atoms with E-state index in [-0.39, 0.29) is 17.2 Å². The van der Waals surface area contributed by atoms with Crippen LogP contribution >= 0.6 is 11.3 Å². The monoisotopic (exact) mass is 353 g/mol. The lowest BCUT2D eigenvalue weighted by atomic mass is 10.1. The van der Waals surface area contributed by atoms with Crippen LogP contribution in [0.5, 0.6) is 0 Å². The zero-order valence-corrected chi connectivity index (χ0v) is 15.1. The number of hydrogen-bond donors (Lipinski definition) is 1. The summed E-state index contributed by atoms with van der Waals surface area (Å²) >= 11 is 1.43. The first-order valence-corrected chi connectivity index (χ1v) is 9.21. The SMILES string of the molecule is Cc1nc(NC(=O)Cc2ccc(S(=O)(=O)N(C)C)cc2)sc1C. The van der Waals surface area contributed by atoms with E-state index in [9.17, 15) is 13.2 Å². The van der Waals surface area contributed by atoms with E-state index >= 15 is 0 Å². The van der Waals surface area contributed by atoms with Crippen molar-refractivity contribution in [3.8, 4) is 0 Å². The molecule has 0 saturated heterocycles. The number of benzene rings is 1. The zero-order valence-electron chi connectivity index (χ0n) is 13.5. The van der Waals surface area contributed by atoms with Gasteiger partial charge in [-0.15, -0.1) is 11.3 Å². The molecule has 1 N–H and O–H groups in total. The highest BCUT2D eigenvalue weighted by atomic mass is 32.2. The Hall–Kier alpha value is -1.77. The number of hydrogen-bond acceptors (Lipinski definition) is 5. The maximum atomic E-state index is 12.0. The molecular weight excluding hydrogens is 334 g/mol. The Kier molecular flexibility index (Phi) is 5.18. The highest BCUT2D eigenvalue weighted by molar-refractivity contribution is 7.89. The van der Waals surface area contributed by atoms with Gasteiger partial charge < -0.3 is 5.32 Å². The second kappa shape index (κ2) is 6.77. The number of aryl methyl sites for hydroxylation is 2. The van der Waals surface area contributed by atoms with Crippen molar-refractivity contribution >= 4 is 32.4 Å². The van der Waals surface area contributed by atoms with Crippen LogP contribution in [0, 0.1) is 13.8 Å². The minimum atomic E-state index is -3.45. The number of rotatable bonds is 5. The van der Waals surface area contributed by atoms with Gasteiger partial charge in [0.25, 0.3) is 0 Å². The summed E-state index contributed by atoms with van der Waals surface area (Å²) < 4.78 is 25.1. The molecule has 124 valence electrons. The number of thiazole rings is 1. The van der Waals surface area contributed by atoms with E-state index in [2.05, 4.69) is 10.3 Å². The number of sulfonamides is 1. The molecule has 0 bridgehead atoms. The van der Waals surface area contributed by atoms with Gasteiger partial charge in [-0.05, 0) is 31.5 Å². The first kappa shape index (κ1) is 17.6. The topological polar surface area (TPSA) is 79.4 Å². The molecule has 0 saturated carbocycles. The Morgan fingerprint density at radius 3 is 2.30 bits per heavy atom. The number of nitrogens with zero attached hydrogens (tertiary/aromatic N) is 2. The van der Waals surface area contributed by atoms with Crippen LogP contribution in [0.1, 0.15) is 16.1 Å². The summed E-state index contributed by atoms with van der Waals surface area (Å²) in [6.45, 7) is 3.85. The lowest BCUT2D eigenvalue weighted by molar-refractivity contribution is -0.115. The predicted molar refractivity (Wildman–Crippen MR) is 91.2 cm³/mol. The number of amides is 1. The lowest BCUT2D eigenvalue weighted by Crippen LogP contribution is -2.22. The number of carbonyl (C=O) groups is 1. The Bertz CT molecular complexity index is 789. The van der Waals surface area contributed by atoms with Crippen molar-refractivity contribution in [2.75, 3.05) is 19.4 Å². The molecule has 0 unspecified atom stereocenters. The molecule has 1 amide bonds. The van der Waals surface area contributed by atoms with Gasteiger partial charge in [0.05, 0.1) is 17.0 Å². The minimum absolute atomic E-state index is 0.167. The summed E-state index contributed by atoms with van der Waals surface area (Å²) in [7, 11) is -0.487. The van der Waals surface area contributed by atoms with E-state index in [1.165, 1.54) is 37.6 Å². The average Bonchev–Trinajstić information content (AvgIpc) is 2.77. The zero-order chi connectivity index (χ0) is 17.2. The standard InChI is InChI=1S/C15H19N3O3S2/c1-10-11(2)22-15(16-10)17-14(19)9-12-5-7-13(8-6-12)23(20,21)18(3)4/h5-8H,9H2,1-4H3,(H,16,17,19). The van der Waals surface area contributed by atoms with Crippen LogP contribution in [0.4, 0.5) is 5.13 Å². The van der Waals surface area contributed by atoms with Gasteiger partial charge >= 0.3 is 0 Å². The van der Waals surface area contributed by atoms with Gasteiger partial charge in [-0.2, -0.15) is 0 Å². The van der Waals surface area contributed by atoms with E-state index in [1.807, 2.05) is 13.8 Å². The number of aromatic nitrogens is 1. The van der Waals surface area contributed by atoms with Crippen LogP contribution in [0.3, 0.4) is 0 Å². The molecule has 0 spiro atoms. The number of carbonyl (C=O) groups excluding carboxylic acids is 1. The molecule has 1 heterocycles. The van der Waals surface area contributed by atoms with Gasteiger partial charge in [-0.1, -0.05) is 12.1 Å². The first-order chi connectivity index (χ1) is 10.7. The molecule has 0 radical (unpaired) electrons. The molecule has 2 rings (SSSR count). The molecule has 1 aromatic heterocycles. The van der Waals surface area contributed by atoms with Gasteiger partial charge in [0.15, 0.2) is 5.13 Å². The second-order valence-corrected chi connectivity index (χ2v) is 8.67. The summed E-state index contributed by atoms with van der Waals surface area (Å²) in [5.74, 6) is -0.179. The fourth-order valence-electron chi connectivity index (χ4n) is 1.87. The Labute approximate surface area is 140 Å². The molecule has 0 fully saturated rings. The maximum Gasteiger partial charge on any atom is 0.242 e. The predicted octanol–water partition coefficient (Wildman–Crippen LogP) is 2.19. The smallest absolute Gasteiger partial charge is 0.242 e. The third kappa shape index (κ3) is 4.15. The highest BCUT2D eigenvalue weighted by Crippen LogP contribution is 2.21. The molecule has 0 atom stereocenters. The van der Waals surface area contributed by atoms with Gasteiger partial charge in [0.2, 0.25) is 15.9 Å². The summed E-state index contributed by atoms with van der Waals surface area (Å²) in [5, 5.41) is 3.34. The van der Waals surface area contributed by atoms with Gasteiger partial charge in [-0.25, -0.2) is 17.7 Å². The fraction of sp³-hybridized carbons (Fsp3) is 0.333. The molecule has 23 heavy (non-hydrogen) atoms. The van der Waals surface area contributed by atoms with Crippen molar-refractivity contribution in [1.29, 1.82) is 0 Å². The molecule has 6 nitrogen and oxygen atoms in total. The molecular formula is C15H19N3O3S2. The highest BCUT2D eigenvalue weighted by Gasteiger charge is 2.17. The molecule has 0 aliphatic rings. The normalized spacial score (nSPS) is 11.7. The molecule has 2 aromatic rings. The lowest BCUT2D eigenvalue weighted by Gasteiger charge is -2.11. The summed E-state index contributed by atoms with van der Waals surface area (Å²) in [4.78, 5) is 17.6. The number of nitrogens with one attached hydrogen (secondary N) is 1. The largest absolute Gasteiger partial charge is 0.302 e. The van der Waals surface area contributed by atoms with Crippen LogP contribution in [0.2, 0.25) is 0 Å². The summed E-state index contributed by atoms with van der Waals surface area (Å²) in [6, 6.07) is 6.31. The first-order valence-electron chi connectivity index (χ1n) is 6.95. The molecule has 1 aromatic carbocycles. The van der Waals surface area contributed by atoms with Crippen molar-refractivity contribution in [3.63, 3.8) is 0 Å². The Balaban J connectivity index is 2.05. The maximum absolute atomic E-state index is 12.0. The molecule has 0 aliphatic carbocycles. The average molecular weight is 353 g/mol. The second-order valence-electron chi connectivity index (χ2n) is 5.32. The third-order valence-corrected chi connectivity index (χ3v) is 6.16. The molecule has 8 heteroatoms. The van der Waals surface area contributed by atoms with E-state index in [0.29, 0.717) is 5.13 Å². The van der Waals surface area contributed by atoms with Crippen LogP contribution in [0.15, 0.2) is 29.2 Å². The van der Waals surface area contributed by atoms with Crippen LogP contribution in [-0.4, -0.2) is 37.7 Å². The van der Waals surface area contributed by atoms with Crippen molar-refractivity contribution in [2.24, 2.45) is 0 Å². The van der Waals surface area contributed by atoms with E-state index in [0.717, 1.165) is 20.4 Å². The van der Waals surface area contributed by atoms with Crippen molar-refractivity contribution < 1.29 is 13.2 Å². The van der Waals surface area contributed by atoms with Crippen LogP contribution in [0.25, 0.3) is 0 Å². The van der Waals surface area contributed by atoms with E-state index in [1.54, 1.807) is 12.1 Å². The van der Waals surface area contributed by atoms with Gasteiger partial charge in [0, 0.05) is 19.0 Å². The minimum Gasteiger partial charge on any atom is -0.302 e. The Morgan fingerprint density at radius 1 is 1.22 bits per heavy atom. The van der Waals surface area contributed by atoms with Crippen LogP contribution < -0.4 is 5.32 Å².